The van der Waals surface area contributed by atoms with Crippen molar-refractivity contribution in [2.45, 2.75) is 57.7 Å². The minimum atomic E-state index is -0.862. The van der Waals surface area contributed by atoms with Crippen LogP contribution in [-0.2, 0) is 20.9 Å². The predicted molar refractivity (Wildman–Crippen MR) is 94.6 cm³/mol. The molecule has 8 nitrogen and oxygen atoms in total. The molecular weight excluding hydrogens is 358 g/mol. The Labute approximate surface area is 154 Å². The Kier molecular flexibility index (Phi) is 5.87. The third-order valence-electron chi connectivity index (χ3n) is 4.24. The van der Waals surface area contributed by atoms with E-state index >= 15 is 0 Å². The fourth-order valence-electron chi connectivity index (χ4n) is 2.84. The van der Waals surface area contributed by atoms with E-state index in [-0.39, 0.29) is 30.8 Å². The monoisotopic (exact) mass is 379 g/mol. The topological polar surface area (TPSA) is 103 Å². The Morgan fingerprint density at radius 1 is 1.46 bits per heavy atom. The van der Waals surface area contributed by atoms with Crippen molar-refractivity contribution in [2.75, 3.05) is 0 Å². The number of carbonyl (C=O) groups excluding carboxylic acids is 2. The second-order valence-corrected chi connectivity index (χ2v) is 7.19. The van der Waals surface area contributed by atoms with Crippen LogP contribution in [0.1, 0.15) is 39.0 Å². The maximum absolute atomic E-state index is 12.0. The van der Waals surface area contributed by atoms with Crippen molar-refractivity contribution in [1.29, 1.82) is 0 Å². The number of hydrogen-bond acceptors (Lipinski definition) is 7. The molecule has 2 heterocycles. The lowest BCUT2D eigenvalue weighted by Crippen LogP contribution is -2.41. The average molecular weight is 379 g/mol. The highest BCUT2D eigenvalue weighted by molar-refractivity contribution is 7.13. The van der Waals surface area contributed by atoms with Gasteiger partial charge >= 0.3 is 11.7 Å². The molecule has 3 rings (SSSR count). The molecule has 2 aromatic heterocycles. The number of rotatable bonds is 7. The molecule has 1 atom stereocenters. The Balaban J connectivity index is 1.48. The number of hydrogen-bond donors (Lipinski definition) is 1. The lowest BCUT2D eigenvalue weighted by molar-refractivity contribution is -0.155. The number of amides is 1. The average Bonchev–Trinajstić information content (AvgIpc) is 3.35. The van der Waals surface area contributed by atoms with E-state index in [1.54, 1.807) is 13.0 Å². The molecule has 0 aromatic carbocycles. The highest BCUT2D eigenvalue weighted by Crippen LogP contribution is 2.21. The summed E-state index contributed by atoms with van der Waals surface area (Å²) in [6.45, 7) is 1.57. The van der Waals surface area contributed by atoms with Crippen LogP contribution in [0, 0.1) is 0 Å². The van der Waals surface area contributed by atoms with Crippen molar-refractivity contribution < 1.29 is 18.7 Å². The van der Waals surface area contributed by atoms with E-state index < -0.39 is 17.8 Å². The summed E-state index contributed by atoms with van der Waals surface area (Å²) >= 11 is 1.40. The zero-order valence-electron chi connectivity index (χ0n) is 14.5. The van der Waals surface area contributed by atoms with Gasteiger partial charge in [0.2, 0.25) is 0 Å². The van der Waals surface area contributed by atoms with E-state index in [0.717, 1.165) is 35.2 Å². The standard InChI is InChI=1S/C17H21N3O5S/c1-11(15(22)18-12-5-2-3-6-12)24-14(21)8-9-20-17(23)25-16(19-20)13-7-4-10-26-13/h4,7,10-12H,2-3,5-6,8-9H2,1H3,(H,18,22)/t11-/m1/s1. The highest BCUT2D eigenvalue weighted by atomic mass is 32.1. The Morgan fingerprint density at radius 2 is 2.23 bits per heavy atom. The molecule has 1 saturated carbocycles. The SMILES string of the molecule is C[C@@H](OC(=O)CCn1nc(-c2cccs2)oc1=O)C(=O)NC1CCCC1. The number of aromatic nitrogens is 2. The van der Waals surface area contributed by atoms with Gasteiger partial charge in [0.25, 0.3) is 11.8 Å². The van der Waals surface area contributed by atoms with Gasteiger partial charge in [0.1, 0.15) is 0 Å². The van der Waals surface area contributed by atoms with Crippen LogP contribution in [0.25, 0.3) is 10.8 Å². The lowest BCUT2D eigenvalue weighted by atomic mass is 10.2. The third kappa shape index (κ3) is 4.60. The molecule has 0 unspecified atom stereocenters. The number of nitrogens with one attached hydrogen (secondary N) is 1. The van der Waals surface area contributed by atoms with Crippen molar-refractivity contribution in [2.24, 2.45) is 0 Å². The number of aryl methyl sites for hydroxylation is 1. The summed E-state index contributed by atoms with van der Waals surface area (Å²) in [6.07, 6.45) is 3.22. The molecule has 9 heteroatoms. The molecule has 1 N–H and O–H groups in total. The third-order valence-corrected chi connectivity index (χ3v) is 5.10. The summed E-state index contributed by atoms with van der Waals surface area (Å²) in [7, 11) is 0. The first-order valence-corrected chi connectivity index (χ1v) is 9.52. The summed E-state index contributed by atoms with van der Waals surface area (Å²) in [5, 5.41) is 8.81. The second kappa shape index (κ2) is 8.31. The van der Waals surface area contributed by atoms with E-state index in [2.05, 4.69) is 10.4 Å². The van der Waals surface area contributed by atoms with Gasteiger partial charge in [-0.3, -0.25) is 9.59 Å². The Morgan fingerprint density at radius 3 is 2.92 bits per heavy atom. The van der Waals surface area contributed by atoms with E-state index in [9.17, 15) is 14.4 Å². The maximum Gasteiger partial charge on any atom is 0.437 e. The molecule has 1 fully saturated rings. The molecule has 1 aliphatic carbocycles. The summed E-state index contributed by atoms with van der Waals surface area (Å²) in [5.74, 6) is -1.26. The van der Waals surface area contributed by atoms with Crippen LogP contribution in [0.5, 0.6) is 0 Å². The van der Waals surface area contributed by atoms with Crippen molar-refractivity contribution in [3.63, 3.8) is 0 Å². The van der Waals surface area contributed by atoms with Gasteiger partial charge in [0.05, 0.1) is 17.8 Å². The maximum atomic E-state index is 12.0. The van der Waals surface area contributed by atoms with Crippen LogP contribution in [0.2, 0.25) is 0 Å². The molecule has 2 aromatic rings. The number of carbonyl (C=O) groups is 2. The molecule has 0 saturated heterocycles. The first-order valence-electron chi connectivity index (χ1n) is 8.64. The molecule has 26 heavy (non-hydrogen) atoms. The summed E-state index contributed by atoms with van der Waals surface area (Å²) in [6, 6.07) is 3.79. The van der Waals surface area contributed by atoms with Crippen LogP contribution in [0.3, 0.4) is 0 Å². The van der Waals surface area contributed by atoms with E-state index in [1.165, 1.54) is 11.3 Å². The molecule has 0 bridgehead atoms. The first-order chi connectivity index (χ1) is 12.5. The van der Waals surface area contributed by atoms with Gasteiger partial charge in [-0.2, -0.15) is 4.68 Å². The number of nitrogens with zero attached hydrogens (tertiary/aromatic N) is 2. The fraction of sp³-hybridized carbons (Fsp3) is 0.529. The molecule has 140 valence electrons. The minimum Gasteiger partial charge on any atom is -0.452 e. The second-order valence-electron chi connectivity index (χ2n) is 6.25. The van der Waals surface area contributed by atoms with Gasteiger partial charge in [0, 0.05) is 6.04 Å². The van der Waals surface area contributed by atoms with Gasteiger partial charge in [-0.15, -0.1) is 16.4 Å². The zero-order valence-corrected chi connectivity index (χ0v) is 15.3. The summed E-state index contributed by atoms with van der Waals surface area (Å²) < 4.78 is 11.3. The van der Waals surface area contributed by atoms with Gasteiger partial charge in [-0.05, 0) is 31.2 Å². The largest absolute Gasteiger partial charge is 0.452 e. The minimum absolute atomic E-state index is 0.0313. The van der Waals surface area contributed by atoms with Crippen molar-refractivity contribution in [3.8, 4) is 10.8 Å². The van der Waals surface area contributed by atoms with Crippen LogP contribution in [-0.4, -0.2) is 33.8 Å². The normalized spacial score (nSPS) is 15.7. The molecule has 0 spiro atoms. The van der Waals surface area contributed by atoms with Crippen LogP contribution >= 0.6 is 11.3 Å². The molecule has 1 amide bonds. The van der Waals surface area contributed by atoms with Crippen molar-refractivity contribution >= 4 is 23.2 Å². The quantitative estimate of drug-likeness (QED) is 0.738. The van der Waals surface area contributed by atoms with E-state index in [1.807, 2.05) is 11.4 Å². The summed E-state index contributed by atoms with van der Waals surface area (Å²) in [5.41, 5.74) is 0. The molecular formula is C17H21N3O5S. The van der Waals surface area contributed by atoms with Gasteiger partial charge < -0.3 is 14.5 Å². The van der Waals surface area contributed by atoms with Crippen LogP contribution in [0.4, 0.5) is 0 Å². The molecule has 0 aliphatic heterocycles. The number of ether oxygens (including phenoxy) is 1. The number of esters is 1. The Hall–Kier alpha value is -2.42. The zero-order chi connectivity index (χ0) is 18.5. The van der Waals surface area contributed by atoms with Gasteiger partial charge in [-0.25, -0.2) is 4.79 Å². The number of thiophene rings is 1. The lowest BCUT2D eigenvalue weighted by Gasteiger charge is -2.17. The van der Waals surface area contributed by atoms with Crippen LogP contribution in [0.15, 0.2) is 26.7 Å². The van der Waals surface area contributed by atoms with Crippen molar-refractivity contribution in [3.05, 3.63) is 28.1 Å². The van der Waals surface area contributed by atoms with Crippen molar-refractivity contribution in [1.82, 2.24) is 15.1 Å². The first kappa shape index (κ1) is 18.4. The predicted octanol–water partition coefficient (Wildman–Crippen LogP) is 1.95. The van der Waals surface area contributed by atoms with E-state index in [0.29, 0.717) is 0 Å². The highest BCUT2D eigenvalue weighted by Gasteiger charge is 2.23. The van der Waals surface area contributed by atoms with E-state index in [4.69, 9.17) is 9.15 Å². The summed E-state index contributed by atoms with van der Waals surface area (Å²) in [4.78, 5) is 36.5. The van der Waals surface area contributed by atoms with Gasteiger partial charge in [0.15, 0.2) is 6.10 Å². The van der Waals surface area contributed by atoms with Crippen LogP contribution < -0.4 is 11.1 Å². The molecule has 1 aliphatic rings. The van der Waals surface area contributed by atoms with Gasteiger partial charge in [-0.1, -0.05) is 18.9 Å². The molecule has 0 radical (unpaired) electrons. The Bertz CT molecular complexity index is 805. The fourth-order valence-corrected chi connectivity index (χ4v) is 3.49. The smallest absolute Gasteiger partial charge is 0.437 e.